The van der Waals surface area contributed by atoms with Crippen LogP contribution in [0, 0.1) is 0 Å². The lowest BCUT2D eigenvalue weighted by Crippen LogP contribution is -2.09. The number of carbonyl (C=O) groups is 2. The molecule has 0 radical (unpaired) electrons. The number of anilines is 1. The number of aromatic nitrogens is 1. The molecule has 8 heteroatoms. The van der Waals surface area contributed by atoms with E-state index in [0.717, 1.165) is 15.2 Å². The predicted molar refractivity (Wildman–Crippen MR) is 115 cm³/mol. The van der Waals surface area contributed by atoms with Gasteiger partial charge in [0, 0.05) is 42.1 Å². The molecule has 4 rings (SSSR count). The Kier molecular flexibility index (Phi) is 5.58. The third-order valence-corrected chi connectivity index (χ3v) is 5.52. The molecule has 2 heterocycles. The molecule has 0 aliphatic heterocycles. The molecule has 152 valence electrons. The number of nitrogens with one attached hydrogen (secondary N) is 1. The molecule has 1 amide bonds. The number of carbonyl (C=O) groups excluding carboxylic acids is 2. The van der Waals surface area contributed by atoms with Crippen LogP contribution in [0.15, 0.2) is 57.7 Å². The largest absolute Gasteiger partial charge is 0.461 e. The van der Waals surface area contributed by atoms with E-state index in [0.29, 0.717) is 28.6 Å². The molecule has 0 fully saturated rings. The van der Waals surface area contributed by atoms with Gasteiger partial charge in [0.15, 0.2) is 0 Å². The molecule has 30 heavy (non-hydrogen) atoms. The molecule has 0 atom stereocenters. The molecule has 0 aliphatic rings. The third-order valence-electron chi connectivity index (χ3n) is 4.42. The summed E-state index contributed by atoms with van der Waals surface area (Å²) in [5, 5.41) is 4.16. The molecular formula is C22H18N2O5S. The van der Waals surface area contributed by atoms with Crippen molar-refractivity contribution in [2.24, 2.45) is 0 Å². The van der Waals surface area contributed by atoms with Crippen LogP contribution in [-0.2, 0) is 27.4 Å². The number of para-hydroxylation sites is 1. The Balaban J connectivity index is 1.42. The quantitative estimate of drug-likeness (QED) is 0.372. The summed E-state index contributed by atoms with van der Waals surface area (Å²) < 4.78 is 11.7. The van der Waals surface area contributed by atoms with Crippen molar-refractivity contribution in [3.8, 4) is 0 Å². The van der Waals surface area contributed by atoms with Gasteiger partial charge in [0.1, 0.15) is 12.2 Å². The van der Waals surface area contributed by atoms with E-state index in [1.165, 1.54) is 13.0 Å². The number of ether oxygens (including phenoxy) is 1. The molecule has 0 bridgehead atoms. The Bertz CT molecular complexity index is 1270. The number of thiazole rings is 1. The van der Waals surface area contributed by atoms with Gasteiger partial charge in [0.25, 0.3) is 0 Å². The summed E-state index contributed by atoms with van der Waals surface area (Å²) >= 11 is 1.56. The highest BCUT2D eigenvalue weighted by Gasteiger charge is 2.12. The number of rotatable bonds is 6. The van der Waals surface area contributed by atoms with E-state index in [4.69, 9.17) is 9.15 Å². The Morgan fingerprint density at radius 3 is 2.80 bits per heavy atom. The zero-order chi connectivity index (χ0) is 21.1. The Hall–Kier alpha value is -3.52. The maximum absolute atomic E-state index is 12.2. The number of nitrogens with zero attached hydrogens (tertiary/aromatic N) is 1. The Morgan fingerprint density at radius 2 is 2.00 bits per heavy atom. The average Bonchev–Trinajstić information content (AvgIpc) is 3.12. The van der Waals surface area contributed by atoms with Crippen LogP contribution in [-0.4, -0.2) is 16.9 Å². The van der Waals surface area contributed by atoms with E-state index in [1.54, 1.807) is 29.5 Å². The lowest BCUT2D eigenvalue weighted by molar-refractivity contribution is -0.144. The van der Waals surface area contributed by atoms with Crippen molar-refractivity contribution in [1.82, 2.24) is 4.98 Å². The van der Waals surface area contributed by atoms with Crippen molar-refractivity contribution < 1.29 is 18.7 Å². The van der Waals surface area contributed by atoms with Crippen LogP contribution < -0.4 is 10.9 Å². The highest BCUT2D eigenvalue weighted by Crippen LogP contribution is 2.24. The van der Waals surface area contributed by atoms with E-state index in [1.807, 2.05) is 24.3 Å². The van der Waals surface area contributed by atoms with Crippen LogP contribution in [0.3, 0.4) is 0 Å². The summed E-state index contributed by atoms with van der Waals surface area (Å²) in [5.41, 5.74) is 1.75. The van der Waals surface area contributed by atoms with Gasteiger partial charge in [0.2, 0.25) is 5.91 Å². The maximum atomic E-state index is 12.2. The number of esters is 1. The van der Waals surface area contributed by atoms with E-state index in [-0.39, 0.29) is 24.9 Å². The summed E-state index contributed by atoms with van der Waals surface area (Å²) in [6.45, 7) is 1.35. The van der Waals surface area contributed by atoms with Crippen molar-refractivity contribution in [2.45, 2.75) is 26.4 Å². The summed E-state index contributed by atoms with van der Waals surface area (Å²) in [6, 6.07) is 14.1. The van der Waals surface area contributed by atoms with Gasteiger partial charge in [0.05, 0.1) is 21.6 Å². The van der Waals surface area contributed by atoms with Gasteiger partial charge in [-0.2, -0.15) is 0 Å². The number of hydrogen-bond acceptors (Lipinski definition) is 7. The standard InChI is InChI=1S/C22H18N2O5S/c1-13(25)23-15-6-7-16-14(10-22(27)29-18(16)11-15)12-28-21(26)9-8-20-24-17-4-2-3-5-19(17)30-20/h2-7,10-11H,8-9,12H2,1H3,(H,23,25). The summed E-state index contributed by atoms with van der Waals surface area (Å²) in [4.78, 5) is 39.8. The van der Waals surface area contributed by atoms with Crippen molar-refractivity contribution in [1.29, 1.82) is 0 Å². The van der Waals surface area contributed by atoms with E-state index in [9.17, 15) is 14.4 Å². The molecule has 0 saturated carbocycles. The second-order valence-corrected chi connectivity index (χ2v) is 7.83. The maximum Gasteiger partial charge on any atom is 0.336 e. The number of benzene rings is 2. The van der Waals surface area contributed by atoms with Gasteiger partial charge in [-0.15, -0.1) is 11.3 Å². The highest BCUT2D eigenvalue weighted by molar-refractivity contribution is 7.18. The first kappa shape index (κ1) is 19.8. The van der Waals surface area contributed by atoms with E-state index >= 15 is 0 Å². The van der Waals surface area contributed by atoms with Gasteiger partial charge >= 0.3 is 11.6 Å². The lowest BCUT2D eigenvalue weighted by atomic mass is 10.1. The average molecular weight is 422 g/mol. The van der Waals surface area contributed by atoms with Crippen LogP contribution >= 0.6 is 11.3 Å². The minimum absolute atomic E-state index is 0.0414. The third kappa shape index (κ3) is 4.55. The lowest BCUT2D eigenvalue weighted by Gasteiger charge is -2.08. The summed E-state index contributed by atoms with van der Waals surface area (Å²) in [6.07, 6.45) is 0.696. The van der Waals surface area contributed by atoms with Gasteiger partial charge in [-0.1, -0.05) is 12.1 Å². The van der Waals surface area contributed by atoms with Crippen LogP contribution in [0.25, 0.3) is 21.2 Å². The predicted octanol–water partition coefficient (Wildman–Crippen LogP) is 4.04. The van der Waals surface area contributed by atoms with Crippen molar-refractivity contribution in [3.05, 3.63) is 69.5 Å². The molecule has 0 unspecified atom stereocenters. The first-order valence-electron chi connectivity index (χ1n) is 9.32. The fourth-order valence-electron chi connectivity index (χ4n) is 3.10. The monoisotopic (exact) mass is 422 g/mol. The highest BCUT2D eigenvalue weighted by atomic mass is 32.1. The minimum Gasteiger partial charge on any atom is -0.461 e. The number of aryl methyl sites for hydroxylation is 1. The topological polar surface area (TPSA) is 98.5 Å². The molecule has 4 aromatic rings. The molecule has 0 aliphatic carbocycles. The van der Waals surface area contributed by atoms with Crippen LogP contribution in [0.1, 0.15) is 23.9 Å². The smallest absolute Gasteiger partial charge is 0.336 e. The zero-order valence-electron chi connectivity index (χ0n) is 16.1. The van der Waals surface area contributed by atoms with Gasteiger partial charge in [-0.05, 0) is 24.3 Å². The molecule has 2 aromatic carbocycles. The number of hydrogen-bond donors (Lipinski definition) is 1. The Morgan fingerprint density at radius 1 is 1.17 bits per heavy atom. The second kappa shape index (κ2) is 8.46. The van der Waals surface area contributed by atoms with Gasteiger partial charge < -0.3 is 14.5 Å². The zero-order valence-corrected chi connectivity index (χ0v) is 17.0. The SMILES string of the molecule is CC(=O)Nc1ccc2c(COC(=O)CCc3nc4ccccc4s3)cc(=O)oc2c1. The molecule has 2 aromatic heterocycles. The van der Waals surface area contributed by atoms with Crippen LogP contribution in [0.2, 0.25) is 0 Å². The van der Waals surface area contributed by atoms with Crippen molar-refractivity contribution >= 4 is 50.1 Å². The fraction of sp³-hybridized carbons (Fsp3) is 0.182. The van der Waals surface area contributed by atoms with Gasteiger partial charge in [-0.3, -0.25) is 9.59 Å². The molecule has 0 spiro atoms. The molecule has 1 N–H and O–H groups in total. The number of fused-ring (bicyclic) bond motifs is 2. The first-order valence-corrected chi connectivity index (χ1v) is 10.1. The minimum atomic E-state index is -0.553. The van der Waals surface area contributed by atoms with Crippen LogP contribution in [0.4, 0.5) is 5.69 Å². The van der Waals surface area contributed by atoms with Gasteiger partial charge in [-0.25, -0.2) is 9.78 Å². The van der Waals surface area contributed by atoms with E-state index in [2.05, 4.69) is 10.3 Å². The van der Waals surface area contributed by atoms with Crippen LogP contribution in [0.5, 0.6) is 0 Å². The number of amides is 1. The van der Waals surface area contributed by atoms with Crippen molar-refractivity contribution in [3.63, 3.8) is 0 Å². The molecule has 0 saturated heterocycles. The first-order chi connectivity index (χ1) is 14.5. The fourth-order valence-corrected chi connectivity index (χ4v) is 4.06. The second-order valence-electron chi connectivity index (χ2n) is 6.72. The summed E-state index contributed by atoms with van der Waals surface area (Å²) in [7, 11) is 0. The van der Waals surface area contributed by atoms with E-state index < -0.39 is 5.63 Å². The molecule has 7 nitrogen and oxygen atoms in total. The van der Waals surface area contributed by atoms with Crippen molar-refractivity contribution in [2.75, 3.05) is 5.32 Å². The Labute approximate surface area is 175 Å². The molecular weight excluding hydrogens is 404 g/mol. The normalized spacial score (nSPS) is 11.0. The summed E-state index contributed by atoms with van der Waals surface area (Å²) in [5.74, 6) is -0.597.